The van der Waals surface area contributed by atoms with Crippen molar-refractivity contribution < 1.29 is 9.53 Å². The van der Waals surface area contributed by atoms with E-state index >= 15 is 0 Å². The van der Waals surface area contributed by atoms with Crippen molar-refractivity contribution >= 4 is 32.8 Å². The first-order valence-corrected chi connectivity index (χ1v) is 9.21. The van der Waals surface area contributed by atoms with E-state index in [-0.39, 0.29) is 6.09 Å². The van der Waals surface area contributed by atoms with Gasteiger partial charge in [-0.3, -0.25) is 0 Å². The summed E-state index contributed by atoms with van der Waals surface area (Å²) in [5.41, 5.74) is 0.613. The van der Waals surface area contributed by atoms with Gasteiger partial charge in [0.25, 0.3) is 0 Å². The van der Waals surface area contributed by atoms with E-state index < -0.39 is 5.60 Å². The van der Waals surface area contributed by atoms with Crippen molar-refractivity contribution in [2.75, 3.05) is 25.0 Å². The fourth-order valence-corrected chi connectivity index (χ4v) is 3.93. The van der Waals surface area contributed by atoms with Gasteiger partial charge in [-0.05, 0) is 45.7 Å². The van der Waals surface area contributed by atoms with Gasteiger partial charge in [0, 0.05) is 26.2 Å². The Bertz CT molecular complexity index is 681. The summed E-state index contributed by atoms with van der Waals surface area (Å²) in [6.07, 6.45) is 1.67. The Morgan fingerprint density at radius 2 is 1.96 bits per heavy atom. The zero-order chi connectivity index (χ0) is 17.3. The van der Waals surface area contributed by atoms with Crippen LogP contribution in [-0.4, -0.2) is 47.8 Å². The molecule has 0 saturated carbocycles. The first-order chi connectivity index (χ1) is 11.3. The van der Waals surface area contributed by atoms with Crippen molar-refractivity contribution in [1.29, 1.82) is 0 Å². The van der Waals surface area contributed by atoms with E-state index in [0.717, 1.165) is 36.6 Å². The lowest BCUT2D eigenvalue weighted by Crippen LogP contribution is -2.47. The molecule has 0 unspecified atom stereocenters. The Kier molecular flexibility index (Phi) is 4.67. The number of aromatic nitrogens is 1. The van der Waals surface area contributed by atoms with Crippen molar-refractivity contribution in [3.8, 4) is 0 Å². The monoisotopic (exact) mass is 347 g/mol. The molecule has 130 valence electrons. The van der Waals surface area contributed by atoms with E-state index in [1.54, 1.807) is 11.3 Å². The lowest BCUT2D eigenvalue weighted by Gasteiger charge is -2.37. The van der Waals surface area contributed by atoms with Gasteiger partial charge in [0.1, 0.15) is 5.60 Å². The SMILES string of the molecule is CN(c1nc2ccccc2s1)C1CCN(C(=O)OC(C)(C)C)CC1. The summed E-state index contributed by atoms with van der Waals surface area (Å²) in [6, 6.07) is 8.63. The molecule has 24 heavy (non-hydrogen) atoms. The summed E-state index contributed by atoms with van der Waals surface area (Å²) in [5.74, 6) is 0. The van der Waals surface area contributed by atoms with E-state index in [0.29, 0.717) is 6.04 Å². The summed E-state index contributed by atoms with van der Waals surface area (Å²) in [6.45, 7) is 7.17. The van der Waals surface area contributed by atoms with Crippen LogP contribution in [-0.2, 0) is 4.74 Å². The van der Waals surface area contributed by atoms with Gasteiger partial charge in [-0.2, -0.15) is 0 Å². The molecular formula is C18H25N3O2S. The third-order valence-electron chi connectivity index (χ3n) is 4.25. The Morgan fingerprint density at radius 1 is 1.29 bits per heavy atom. The second-order valence-corrected chi connectivity index (χ2v) is 8.28. The quantitative estimate of drug-likeness (QED) is 0.819. The number of rotatable bonds is 2. The molecule has 1 fully saturated rings. The number of carbonyl (C=O) groups excluding carboxylic acids is 1. The number of benzene rings is 1. The fourth-order valence-electron chi connectivity index (χ4n) is 2.93. The maximum atomic E-state index is 12.2. The minimum atomic E-state index is -0.439. The summed E-state index contributed by atoms with van der Waals surface area (Å²) < 4.78 is 6.67. The summed E-state index contributed by atoms with van der Waals surface area (Å²) in [4.78, 5) is 21.0. The van der Waals surface area contributed by atoms with Crippen LogP contribution in [0.2, 0.25) is 0 Å². The molecule has 3 rings (SSSR count). The zero-order valence-corrected chi connectivity index (χ0v) is 15.6. The summed E-state index contributed by atoms with van der Waals surface area (Å²) in [7, 11) is 2.10. The molecule has 0 bridgehead atoms. The number of ether oxygens (including phenoxy) is 1. The first kappa shape index (κ1) is 17.0. The van der Waals surface area contributed by atoms with E-state index in [1.165, 1.54) is 4.70 Å². The normalized spacial score (nSPS) is 16.4. The lowest BCUT2D eigenvalue weighted by atomic mass is 10.0. The number of anilines is 1. The van der Waals surface area contributed by atoms with Crippen LogP contribution in [0.1, 0.15) is 33.6 Å². The van der Waals surface area contributed by atoms with Crippen molar-refractivity contribution in [2.45, 2.75) is 45.3 Å². The summed E-state index contributed by atoms with van der Waals surface area (Å²) >= 11 is 1.72. The molecule has 0 spiro atoms. The Morgan fingerprint density at radius 3 is 2.58 bits per heavy atom. The van der Waals surface area contributed by atoms with E-state index in [4.69, 9.17) is 9.72 Å². The number of piperidine rings is 1. The van der Waals surface area contributed by atoms with E-state index in [2.05, 4.69) is 18.0 Å². The topological polar surface area (TPSA) is 45.7 Å². The number of hydrogen-bond donors (Lipinski definition) is 0. The average molecular weight is 347 g/mol. The van der Waals surface area contributed by atoms with E-state index in [9.17, 15) is 4.79 Å². The number of fused-ring (bicyclic) bond motifs is 1. The molecule has 5 nitrogen and oxygen atoms in total. The van der Waals surface area contributed by atoms with Crippen LogP contribution < -0.4 is 4.90 Å². The van der Waals surface area contributed by atoms with Crippen LogP contribution in [0, 0.1) is 0 Å². The number of likely N-dealkylation sites (tertiary alicyclic amines) is 1. The smallest absolute Gasteiger partial charge is 0.410 e. The Labute approximate surface area is 147 Å². The van der Waals surface area contributed by atoms with Gasteiger partial charge in [-0.15, -0.1) is 0 Å². The van der Waals surface area contributed by atoms with Crippen LogP contribution in [0.4, 0.5) is 9.93 Å². The molecule has 0 aliphatic carbocycles. The molecular weight excluding hydrogens is 322 g/mol. The molecule has 2 heterocycles. The van der Waals surface area contributed by atoms with Crippen LogP contribution in [0.15, 0.2) is 24.3 Å². The van der Waals surface area contributed by atoms with Crippen molar-refractivity contribution in [1.82, 2.24) is 9.88 Å². The molecule has 1 aliphatic rings. The maximum absolute atomic E-state index is 12.2. The molecule has 0 atom stereocenters. The highest BCUT2D eigenvalue weighted by Crippen LogP contribution is 2.31. The van der Waals surface area contributed by atoms with Gasteiger partial charge in [-0.1, -0.05) is 23.5 Å². The highest BCUT2D eigenvalue weighted by atomic mass is 32.1. The number of para-hydroxylation sites is 1. The second-order valence-electron chi connectivity index (χ2n) is 7.27. The van der Waals surface area contributed by atoms with Gasteiger partial charge in [0.2, 0.25) is 0 Å². The second kappa shape index (κ2) is 6.59. The van der Waals surface area contributed by atoms with Crippen molar-refractivity contribution in [3.63, 3.8) is 0 Å². The average Bonchev–Trinajstić information content (AvgIpc) is 2.96. The molecule has 0 N–H and O–H groups in total. The molecule has 1 amide bonds. The lowest BCUT2D eigenvalue weighted by molar-refractivity contribution is 0.0205. The van der Waals surface area contributed by atoms with Crippen molar-refractivity contribution in [3.05, 3.63) is 24.3 Å². The first-order valence-electron chi connectivity index (χ1n) is 8.40. The number of amides is 1. The van der Waals surface area contributed by atoms with E-state index in [1.807, 2.05) is 43.9 Å². The highest BCUT2D eigenvalue weighted by molar-refractivity contribution is 7.22. The van der Waals surface area contributed by atoms with Gasteiger partial charge < -0.3 is 14.5 Å². The maximum Gasteiger partial charge on any atom is 0.410 e. The highest BCUT2D eigenvalue weighted by Gasteiger charge is 2.29. The van der Waals surface area contributed by atoms with Gasteiger partial charge in [-0.25, -0.2) is 9.78 Å². The van der Waals surface area contributed by atoms with Crippen LogP contribution in [0.5, 0.6) is 0 Å². The minimum Gasteiger partial charge on any atom is -0.444 e. The Balaban J connectivity index is 1.60. The number of hydrogen-bond acceptors (Lipinski definition) is 5. The number of thiazole rings is 1. The molecule has 1 saturated heterocycles. The minimum absolute atomic E-state index is 0.205. The third kappa shape index (κ3) is 3.80. The molecule has 0 radical (unpaired) electrons. The van der Waals surface area contributed by atoms with Gasteiger partial charge >= 0.3 is 6.09 Å². The molecule has 2 aromatic rings. The van der Waals surface area contributed by atoms with Gasteiger partial charge in [0.15, 0.2) is 5.13 Å². The molecule has 1 aromatic heterocycles. The zero-order valence-electron chi connectivity index (χ0n) is 14.8. The van der Waals surface area contributed by atoms with Crippen LogP contribution >= 0.6 is 11.3 Å². The third-order valence-corrected chi connectivity index (χ3v) is 5.38. The number of nitrogens with zero attached hydrogens (tertiary/aromatic N) is 3. The predicted octanol–water partition coefficient (Wildman–Crippen LogP) is 4.13. The van der Waals surface area contributed by atoms with Gasteiger partial charge in [0.05, 0.1) is 10.2 Å². The largest absolute Gasteiger partial charge is 0.444 e. The molecule has 1 aliphatic heterocycles. The molecule has 1 aromatic carbocycles. The predicted molar refractivity (Wildman–Crippen MR) is 98.9 cm³/mol. The fraction of sp³-hybridized carbons (Fsp3) is 0.556. The van der Waals surface area contributed by atoms with Crippen molar-refractivity contribution in [2.24, 2.45) is 0 Å². The number of carbonyl (C=O) groups is 1. The van der Waals surface area contributed by atoms with Crippen LogP contribution in [0.25, 0.3) is 10.2 Å². The van der Waals surface area contributed by atoms with Crippen LogP contribution in [0.3, 0.4) is 0 Å². The standard InChI is InChI=1S/C18H25N3O2S/c1-18(2,3)23-17(22)21-11-9-13(10-12-21)20(4)16-19-14-7-5-6-8-15(14)24-16/h5-8,13H,9-12H2,1-4H3. The molecule has 6 heteroatoms. The Hall–Kier alpha value is -1.82. The summed E-state index contributed by atoms with van der Waals surface area (Å²) in [5, 5.41) is 1.05.